The van der Waals surface area contributed by atoms with Gasteiger partial charge in [-0.25, -0.2) is 8.42 Å². The fourth-order valence-electron chi connectivity index (χ4n) is 1.94. The van der Waals surface area contributed by atoms with Gasteiger partial charge in [0.25, 0.3) is 0 Å². The molecular weight excluding hydrogens is 292 g/mol. The van der Waals surface area contributed by atoms with Gasteiger partial charge < -0.3 is 9.47 Å². The SMILES string of the molecule is CCOC(=O)[C@H](CC(C)C)S(=O)(=O)c1ccc(OC)cc1. The van der Waals surface area contributed by atoms with Crippen molar-refractivity contribution >= 4 is 15.8 Å². The third kappa shape index (κ3) is 4.46. The lowest BCUT2D eigenvalue weighted by Crippen LogP contribution is -2.33. The zero-order valence-electron chi connectivity index (χ0n) is 12.8. The van der Waals surface area contributed by atoms with Gasteiger partial charge >= 0.3 is 5.97 Å². The van der Waals surface area contributed by atoms with Crippen LogP contribution in [0.3, 0.4) is 0 Å². The molecule has 1 aromatic carbocycles. The zero-order valence-corrected chi connectivity index (χ0v) is 13.6. The highest BCUT2D eigenvalue weighted by atomic mass is 32.2. The van der Waals surface area contributed by atoms with Crippen molar-refractivity contribution in [3.05, 3.63) is 24.3 Å². The smallest absolute Gasteiger partial charge is 0.324 e. The summed E-state index contributed by atoms with van der Waals surface area (Å²) < 4.78 is 35.2. The normalized spacial score (nSPS) is 13.0. The minimum Gasteiger partial charge on any atom is -0.497 e. The summed E-state index contributed by atoms with van der Waals surface area (Å²) in [6, 6.07) is 6.01. The van der Waals surface area contributed by atoms with Crippen molar-refractivity contribution in [2.24, 2.45) is 5.92 Å². The summed E-state index contributed by atoms with van der Waals surface area (Å²) in [7, 11) is -2.27. The molecule has 0 aliphatic carbocycles. The van der Waals surface area contributed by atoms with Crippen LogP contribution in [0.5, 0.6) is 5.75 Å². The Bertz CT molecular complexity index is 560. The van der Waals surface area contributed by atoms with Gasteiger partial charge in [-0.2, -0.15) is 0 Å². The van der Waals surface area contributed by atoms with E-state index in [1.807, 2.05) is 13.8 Å². The molecule has 1 atom stereocenters. The predicted molar refractivity (Wildman–Crippen MR) is 80.1 cm³/mol. The van der Waals surface area contributed by atoms with E-state index in [4.69, 9.17) is 9.47 Å². The summed E-state index contributed by atoms with van der Waals surface area (Å²) in [5, 5.41) is -1.18. The molecule has 0 saturated heterocycles. The van der Waals surface area contributed by atoms with Crippen LogP contribution in [-0.4, -0.2) is 33.4 Å². The molecule has 118 valence electrons. The highest BCUT2D eigenvalue weighted by Crippen LogP contribution is 2.24. The molecule has 0 fully saturated rings. The lowest BCUT2D eigenvalue weighted by Gasteiger charge is -2.18. The number of benzene rings is 1. The molecule has 0 saturated carbocycles. The average Bonchev–Trinajstić information content (AvgIpc) is 2.44. The molecule has 21 heavy (non-hydrogen) atoms. The van der Waals surface area contributed by atoms with Gasteiger partial charge in [0.1, 0.15) is 5.75 Å². The number of carbonyl (C=O) groups is 1. The Morgan fingerprint density at radius 1 is 1.19 bits per heavy atom. The molecule has 0 bridgehead atoms. The van der Waals surface area contributed by atoms with Gasteiger partial charge in [-0.3, -0.25) is 4.79 Å². The number of esters is 1. The van der Waals surface area contributed by atoms with Gasteiger partial charge in [-0.05, 0) is 43.5 Å². The summed E-state index contributed by atoms with van der Waals surface area (Å²) in [4.78, 5) is 12.1. The topological polar surface area (TPSA) is 69.7 Å². The van der Waals surface area contributed by atoms with E-state index in [0.29, 0.717) is 5.75 Å². The second-order valence-corrected chi connectivity index (χ2v) is 7.22. The number of sulfone groups is 1. The van der Waals surface area contributed by atoms with E-state index in [1.54, 1.807) is 19.1 Å². The number of ether oxygens (including phenoxy) is 2. The van der Waals surface area contributed by atoms with E-state index in [9.17, 15) is 13.2 Å². The van der Waals surface area contributed by atoms with Gasteiger partial charge in [0.15, 0.2) is 15.1 Å². The Morgan fingerprint density at radius 3 is 2.19 bits per heavy atom. The first-order valence-electron chi connectivity index (χ1n) is 6.87. The van der Waals surface area contributed by atoms with Crippen LogP contribution < -0.4 is 4.74 Å². The van der Waals surface area contributed by atoms with Crippen LogP contribution in [0.1, 0.15) is 27.2 Å². The molecule has 0 spiro atoms. The summed E-state index contributed by atoms with van der Waals surface area (Å²) in [5.41, 5.74) is 0. The third-order valence-corrected chi connectivity index (χ3v) is 5.06. The fourth-order valence-corrected chi connectivity index (χ4v) is 3.75. The van der Waals surface area contributed by atoms with Crippen molar-refractivity contribution in [3.8, 4) is 5.75 Å². The molecule has 0 radical (unpaired) electrons. The summed E-state index contributed by atoms with van der Waals surface area (Å²) in [5.74, 6) is -0.0695. The van der Waals surface area contributed by atoms with Crippen molar-refractivity contribution in [3.63, 3.8) is 0 Å². The van der Waals surface area contributed by atoms with Crippen LogP contribution in [0.2, 0.25) is 0 Å². The number of hydrogen-bond acceptors (Lipinski definition) is 5. The highest BCUT2D eigenvalue weighted by molar-refractivity contribution is 7.92. The van der Waals surface area contributed by atoms with Crippen molar-refractivity contribution in [2.75, 3.05) is 13.7 Å². The number of hydrogen-bond donors (Lipinski definition) is 0. The summed E-state index contributed by atoms with van der Waals surface area (Å²) >= 11 is 0. The standard InChI is InChI=1S/C15H22O5S/c1-5-20-15(16)14(10-11(2)3)21(17,18)13-8-6-12(19-4)7-9-13/h6-9,11,14H,5,10H2,1-4H3/t14-/m0/s1. The van der Waals surface area contributed by atoms with E-state index < -0.39 is 21.1 Å². The van der Waals surface area contributed by atoms with Gasteiger partial charge in [-0.15, -0.1) is 0 Å². The average molecular weight is 314 g/mol. The second kappa shape index (κ2) is 7.45. The summed E-state index contributed by atoms with van der Waals surface area (Å²) in [6.45, 7) is 5.56. The summed E-state index contributed by atoms with van der Waals surface area (Å²) in [6.07, 6.45) is 0.229. The van der Waals surface area contributed by atoms with E-state index in [-0.39, 0.29) is 23.8 Å². The molecule has 6 heteroatoms. The maximum atomic E-state index is 12.6. The molecule has 0 heterocycles. The van der Waals surface area contributed by atoms with Gasteiger partial charge in [0.2, 0.25) is 0 Å². The van der Waals surface area contributed by atoms with Crippen LogP contribution in [0, 0.1) is 5.92 Å². The van der Waals surface area contributed by atoms with E-state index in [2.05, 4.69) is 0 Å². The quantitative estimate of drug-likeness (QED) is 0.723. The number of methoxy groups -OCH3 is 1. The van der Waals surface area contributed by atoms with Crippen molar-refractivity contribution in [1.29, 1.82) is 0 Å². The van der Waals surface area contributed by atoms with Crippen molar-refractivity contribution < 1.29 is 22.7 Å². The monoisotopic (exact) mass is 314 g/mol. The van der Waals surface area contributed by atoms with Crippen molar-refractivity contribution in [1.82, 2.24) is 0 Å². The lowest BCUT2D eigenvalue weighted by atomic mass is 10.1. The molecule has 0 aromatic heterocycles. The van der Waals surface area contributed by atoms with Gasteiger partial charge in [0, 0.05) is 0 Å². The van der Waals surface area contributed by atoms with Crippen LogP contribution in [0.15, 0.2) is 29.2 Å². The van der Waals surface area contributed by atoms with E-state index in [0.717, 1.165) is 0 Å². The van der Waals surface area contributed by atoms with Crippen LogP contribution in [0.25, 0.3) is 0 Å². The predicted octanol–water partition coefficient (Wildman–Crippen LogP) is 2.45. The van der Waals surface area contributed by atoms with Gasteiger partial charge in [0.05, 0.1) is 18.6 Å². The molecule has 1 rings (SSSR count). The number of rotatable bonds is 7. The molecule has 5 nitrogen and oxygen atoms in total. The molecule has 0 aliphatic heterocycles. The van der Waals surface area contributed by atoms with Gasteiger partial charge in [-0.1, -0.05) is 13.8 Å². The largest absolute Gasteiger partial charge is 0.497 e. The molecule has 0 aliphatic rings. The molecular formula is C15H22O5S. The zero-order chi connectivity index (χ0) is 16.0. The van der Waals surface area contributed by atoms with E-state index in [1.165, 1.54) is 19.2 Å². The Kier molecular flexibility index (Phi) is 6.20. The second-order valence-electron chi connectivity index (χ2n) is 5.09. The Morgan fingerprint density at radius 2 is 1.76 bits per heavy atom. The maximum absolute atomic E-state index is 12.6. The fraction of sp³-hybridized carbons (Fsp3) is 0.533. The molecule has 1 aromatic rings. The third-order valence-electron chi connectivity index (χ3n) is 3.00. The minimum atomic E-state index is -3.77. The first-order chi connectivity index (χ1) is 9.82. The van der Waals surface area contributed by atoms with Crippen molar-refractivity contribution in [2.45, 2.75) is 37.3 Å². The minimum absolute atomic E-state index is 0.0624. The molecule has 0 N–H and O–H groups in total. The highest BCUT2D eigenvalue weighted by Gasteiger charge is 2.35. The first kappa shape index (κ1) is 17.5. The number of carbonyl (C=O) groups excluding carboxylic acids is 1. The Labute approximate surface area is 126 Å². The van der Waals surface area contributed by atoms with Crippen LogP contribution in [0.4, 0.5) is 0 Å². The van der Waals surface area contributed by atoms with E-state index >= 15 is 0 Å². The van der Waals surface area contributed by atoms with Crippen LogP contribution >= 0.6 is 0 Å². The molecule has 0 unspecified atom stereocenters. The Balaban J connectivity index is 3.15. The maximum Gasteiger partial charge on any atom is 0.324 e. The Hall–Kier alpha value is -1.56. The lowest BCUT2D eigenvalue weighted by molar-refractivity contribution is -0.142. The first-order valence-corrected chi connectivity index (χ1v) is 8.42. The van der Waals surface area contributed by atoms with Crippen LogP contribution in [-0.2, 0) is 19.4 Å². The molecule has 0 amide bonds.